The monoisotopic (exact) mass is 393 g/mol. The second-order valence-corrected chi connectivity index (χ2v) is 6.56. The topological polar surface area (TPSA) is 65.4 Å². The van der Waals surface area contributed by atoms with Crippen molar-refractivity contribution in [2.75, 3.05) is 13.2 Å². The van der Waals surface area contributed by atoms with Gasteiger partial charge in [-0.25, -0.2) is 4.68 Å². The first-order chi connectivity index (χ1) is 11.6. The maximum Gasteiger partial charge on any atom is 0.260 e. The van der Waals surface area contributed by atoms with Crippen LogP contribution in [0.3, 0.4) is 0 Å². The summed E-state index contributed by atoms with van der Waals surface area (Å²) >= 11 is 3.42. The highest BCUT2D eigenvalue weighted by molar-refractivity contribution is 9.10. The molecule has 1 aromatic carbocycles. The molecule has 1 aliphatic heterocycles. The van der Waals surface area contributed by atoms with Crippen molar-refractivity contribution < 1.29 is 14.3 Å². The van der Waals surface area contributed by atoms with Crippen molar-refractivity contribution in [1.29, 1.82) is 0 Å². The van der Waals surface area contributed by atoms with Gasteiger partial charge >= 0.3 is 0 Å². The number of carbonyl (C=O) groups excluding carboxylic acids is 1. The quantitative estimate of drug-likeness (QED) is 0.819. The number of halogens is 1. The molecule has 2 atom stereocenters. The fourth-order valence-corrected chi connectivity index (χ4v) is 2.88. The van der Waals surface area contributed by atoms with Crippen LogP contribution < -0.4 is 10.1 Å². The van der Waals surface area contributed by atoms with Crippen molar-refractivity contribution in [3.63, 3.8) is 0 Å². The lowest BCUT2D eigenvalue weighted by Crippen LogP contribution is -2.40. The van der Waals surface area contributed by atoms with Crippen LogP contribution in [0.5, 0.6) is 5.88 Å². The van der Waals surface area contributed by atoms with E-state index in [1.54, 1.807) is 11.6 Å². The van der Waals surface area contributed by atoms with Crippen LogP contribution >= 0.6 is 15.9 Å². The van der Waals surface area contributed by atoms with Gasteiger partial charge in [-0.15, -0.1) is 5.10 Å². The Morgan fingerprint density at radius 3 is 3.00 bits per heavy atom. The summed E-state index contributed by atoms with van der Waals surface area (Å²) in [5.41, 5.74) is 0.920. The van der Waals surface area contributed by atoms with E-state index in [4.69, 9.17) is 9.47 Å². The molecule has 2 aromatic rings. The van der Waals surface area contributed by atoms with E-state index in [9.17, 15) is 4.79 Å². The van der Waals surface area contributed by atoms with E-state index in [1.165, 1.54) is 0 Å². The van der Waals surface area contributed by atoms with E-state index in [1.807, 2.05) is 36.5 Å². The summed E-state index contributed by atoms with van der Waals surface area (Å²) < 4.78 is 13.6. The Labute approximate surface area is 149 Å². The maximum atomic E-state index is 12.2. The molecule has 1 amide bonds. The summed E-state index contributed by atoms with van der Waals surface area (Å²) in [5, 5.41) is 7.25. The number of nitrogens with zero attached hydrogens (tertiary/aromatic N) is 2. The molecular weight excluding hydrogens is 374 g/mol. The van der Waals surface area contributed by atoms with Gasteiger partial charge in [-0.05, 0) is 47.8 Å². The normalized spacial score (nSPS) is 18.3. The van der Waals surface area contributed by atoms with Crippen LogP contribution in [0.25, 0.3) is 5.69 Å². The Balaban J connectivity index is 1.58. The number of hydrogen-bond donors (Lipinski definition) is 1. The number of nitrogens with one attached hydrogen (secondary N) is 1. The number of hydrogen-bond acceptors (Lipinski definition) is 4. The minimum Gasteiger partial charge on any atom is -0.463 e. The van der Waals surface area contributed by atoms with Gasteiger partial charge in [0.25, 0.3) is 5.91 Å². The van der Waals surface area contributed by atoms with Gasteiger partial charge in [-0.1, -0.05) is 18.2 Å². The van der Waals surface area contributed by atoms with Gasteiger partial charge in [-0.2, -0.15) is 0 Å². The van der Waals surface area contributed by atoms with Crippen molar-refractivity contribution >= 4 is 21.8 Å². The zero-order valence-electron chi connectivity index (χ0n) is 13.4. The van der Waals surface area contributed by atoms with Crippen molar-refractivity contribution in [1.82, 2.24) is 15.1 Å². The van der Waals surface area contributed by atoms with E-state index in [-0.39, 0.29) is 12.0 Å². The van der Waals surface area contributed by atoms with E-state index in [0.717, 1.165) is 25.1 Å². The molecule has 0 bridgehead atoms. The van der Waals surface area contributed by atoms with Crippen molar-refractivity contribution in [2.45, 2.75) is 32.0 Å². The van der Waals surface area contributed by atoms with Crippen LogP contribution in [0.2, 0.25) is 0 Å². The number of para-hydroxylation sites is 1. The molecule has 1 fully saturated rings. The number of benzene rings is 1. The third kappa shape index (κ3) is 4.15. The van der Waals surface area contributed by atoms with Crippen molar-refractivity contribution in [3.8, 4) is 11.6 Å². The van der Waals surface area contributed by atoms with Gasteiger partial charge in [0, 0.05) is 19.3 Å². The van der Waals surface area contributed by atoms with E-state index >= 15 is 0 Å². The standard InChI is InChI=1S/C17H20BrN3O3/c1-12(16(22)19-10-14-8-5-9-23-14)24-17-15(18)11-21(20-17)13-6-3-2-4-7-13/h2-4,6-7,11-12,14H,5,8-10H2,1H3,(H,19,22)/t12-,14-/m1/s1. The minimum absolute atomic E-state index is 0.116. The molecule has 1 saturated heterocycles. The van der Waals surface area contributed by atoms with Crippen LogP contribution in [-0.4, -0.2) is 41.0 Å². The molecule has 1 aromatic heterocycles. The maximum absolute atomic E-state index is 12.2. The zero-order chi connectivity index (χ0) is 16.9. The van der Waals surface area contributed by atoms with Gasteiger partial charge in [0.05, 0.1) is 16.3 Å². The fourth-order valence-electron chi connectivity index (χ4n) is 2.51. The molecule has 24 heavy (non-hydrogen) atoms. The average molecular weight is 394 g/mol. The SMILES string of the molecule is C[C@@H](Oc1nn(-c2ccccc2)cc1Br)C(=O)NC[C@H]1CCCO1. The van der Waals surface area contributed by atoms with Gasteiger partial charge in [0.15, 0.2) is 6.10 Å². The Hall–Kier alpha value is -1.86. The Kier molecular flexibility index (Phi) is 5.52. The summed E-state index contributed by atoms with van der Waals surface area (Å²) in [6.07, 6.45) is 3.33. The first-order valence-electron chi connectivity index (χ1n) is 8.00. The first-order valence-corrected chi connectivity index (χ1v) is 8.79. The molecule has 7 heteroatoms. The summed E-state index contributed by atoms with van der Waals surface area (Å²) in [4.78, 5) is 12.2. The van der Waals surface area contributed by atoms with Crippen molar-refractivity contribution in [3.05, 3.63) is 41.0 Å². The molecule has 6 nitrogen and oxygen atoms in total. The second kappa shape index (κ2) is 7.81. The van der Waals surface area contributed by atoms with E-state index in [2.05, 4.69) is 26.3 Å². The van der Waals surface area contributed by atoms with Gasteiger partial charge in [0.1, 0.15) is 0 Å². The second-order valence-electron chi connectivity index (χ2n) is 5.70. The Morgan fingerprint density at radius 1 is 1.50 bits per heavy atom. The number of rotatable bonds is 6. The third-order valence-electron chi connectivity index (χ3n) is 3.84. The smallest absolute Gasteiger partial charge is 0.260 e. The molecule has 0 unspecified atom stereocenters. The molecule has 3 rings (SSSR count). The molecule has 0 saturated carbocycles. The number of carbonyl (C=O) groups is 1. The predicted octanol–water partition coefficient (Wildman–Crippen LogP) is 2.70. The average Bonchev–Trinajstić information content (AvgIpc) is 3.24. The largest absolute Gasteiger partial charge is 0.463 e. The molecule has 1 aliphatic rings. The highest BCUT2D eigenvalue weighted by atomic mass is 79.9. The lowest BCUT2D eigenvalue weighted by molar-refractivity contribution is -0.127. The molecular formula is C17H20BrN3O3. The zero-order valence-corrected chi connectivity index (χ0v) is 15.0. The predicted molar refractivity (Wildman–Crippen MR) is 93.3 cm³/mol. The van der Waals surface area contributed by atoms with Gasteiger partial charge < -0.3 is 14.8 Å². The van der Waals surface area contributed by atoms with Crippen LogP contribution in [0.4, 0.5) is 0 Å². The summed E-state index contributed by atoms with van der Waals surface area (Å²) in [6.45, 7) is 3.00. The third-order valence-corrected chi connectivity index (χ3v) is 4.39. The van der Waals surface area contributed by atoms with Crippen LogP contribution in [-0.2, 0) is 9.53 Å². The minimum atomic E-state index is -0.637. The highest BCUT2D eigenvalue weighted by Crippen LogP contribution is 2.25. The summed E-state index contributed by atoms with van der Waals surface area (Å²) in [7, 11) is 0. The Morgan fingerprint density at radius 2 is 2.29 bits per heavy atom. The number of ether oxygens (including phenoxy) is 2. The van der Waals surface area contributed by atoms with E-state index in [0.29, 0.717) is 16.9 Å². The lowest BCUT2D eigenvalue weighted by Gasteiger charge is -2.15. The molecule has 0 radical (unpaired) electrons. The molecule has 0 spiro atoms. The Bertz CT molecular complexity index is 684. The number of aromatic nitrogens is 2. The fraction of sp³-hybridized carbons (Fsp3) is 0.412. The van der Waals surface area contributed by atoms with Gasteiger partial charge in [0.2, 0.25) is 5.88 Å². The number of amides is 1. The lowest BCUT2D eigenvalue weighted by atomic mass is 10.2. The summed E-state index contributed by atoms with van der Waals surface area (Å²) in [5.74, 6) is 0.213. The van der Waals surface area contributed by atoms with Gasteiger partial charge in [-0.3, -0.25) is 4.79 Å². The molecule has 2 heterocycles. The first kappa shape index (κ1) is 17.0. The molecule has 128 valence electrons. The van der Waals surface area contributed by atoms with Crippen LogP contribution in [0, 0.1) is 0 Å². The molecule has 1 N–H and O–H groups in total. The van der Waals surface area contributed by atoms with Crippen molar-refractivity contribution in [2.24, 2.45) is 0 Å². The van der Waals surface area contributed by atoms with Crippen LogP contribution in [0.1, 0.15) is 19.8 Å². The van der Waals surface area contributed by atoms with Crippen LogP contribution in [0.15, 0.2) is 41.0 Å². The summed E-state index contributed by atoms with van der Waals surface area (Å²) in [6, 6.07) is 9.71. The molecule has 0 aliphatic carbocycles. The van der Waals surface area contributed by atoms with E-state index < -0.39 is 6.10 Å². The highest BCUT2D eigenvalue weighted by Gasteiger charge is 2.21.